The summed E-state index contributed by atoms with van der Waals surface area (Å²) in [4.78, 5) is 23.4. The lowest BCUT2D eigenvalue weighted by Gasteiger charge is -2.59. The van der Waals surface area contributed by atoms with E-state index < -0.39 is 0 Å². The van der Waals surface area contributed by atoms with Crippen molar-refractivity contribution < 1.29 is 14.7 Å². The van der Waals surface area contributed by atoms with E-state index in [9.17, 15) is 9.59 Å². The lowest BCUT2D eigenvalue weighted by molar-refractivity contribution is -0.121. The summed E-state index contributed by atoms with van der Waals surface area (Å²) in [5, 5.41) is 13.1. The maximum atomic E-state index is 12.3. The monoisotopic (exact) mass is 508 g/mol. The minimum atomic E-state index is -0.298. The Labute approximate surface area is 223 Å². The molecule has 0 aromatic heterocycles. The molecular weight excluding hydrogens is 448 g/mol. The van der Waals surface area contributed by atoms with Crippen LogP contribution in [0.2, 0.25) is 0 Å². The summed E-state index contributed by atoms with van der Waals surface area (Å²) in [5.74, 6) is 3.61. The van der Waals surface area contributed by atoms with Crippen molar-refractivity contribution in [2.75, 3.05) is 13.7 Å². The molecule has 212 valence electrons. The van der Waals surface area contributed by atoms with Gasteiger partial charge in [0, 0.05) is 26.1 Å². The van der Waals surface area contributed by atoms with E-state index in [1.807, 2.05) is 27.7 Å². The maximum Gasteiger partial charge on any atom is 0.220 e. The fourth-order valence-electron chi connectivity index (χ4n) is 7.80. The van der Waals surface area contributed by atoms with Crippen molar-refractivity contribution in [1.82, 2.24) is 10.6 Å². The van der Waals surface area contributed by atoms with Crippen LogP contribution in [0, 0.1) is 34.5 Å². The van der Waals surface area contributed by atoms with Crippen molar-refractivity contribution in [2.45, 2.75) is 138 Å². The van der Waals surface area contributed by atoms with Crippen LogP contribution < -0.4 is 10.6 Å². The van der Waals surface area contributed by atoms with Gasteiger partial charge in [0.1, 0.15) is 6.29 Å². The Bertz CT molecular complexity index is 639. The van der Waals surface area contributed by atoms with Crippen molar-refractivity contribution in [1.29, 1.82) is 0 Å². The van der Waals surface area contributed by atoms with E-state index in [-0.39, 0.29) is 18.0 Å². The predicted octanol–water partition coefficient (Wildman–Crippen LogP) is 6.52. The molecule has 0 saturated heterocycles. The Morgan fingerprint density at radius 3 is 2.36 bits per heavy atom. The highest BCUT2D eigenvalue weighted by Gasteiger charge is 2.52. The number of hydrogen-bond acceptors (Lipinski definition) is 4. The van der Waals surface area contributed by atoms with Gasteiger partial charge in [0.25, 0.3) is 0 Å². The highest BCUT2D eigenvalue weighted by atomic mass is 16.2. The maximum absolute atomic E-state index is 12.3. The van der Waals surface area contributed by atoms with Crippen LogP contribution >= 0.6 is 0 Å². The Kier molecular flexibility index (Phi) is 14.8. The van der Waals surface area contributed by atoms with Crippen LogP contribution in [0.4, 0.5) is 0 Å². The van der Waals surface area contributed by atoms with Gasteiger partial charge in [-0.3, -0.25) is 4.79 Å². The number of rotatable bonds is 10. The van der Waals surface area contributed by atoms with E-state index in [1.54, 1.807) is 0 Å². The van der Waals surface area contributed by atoms with Crippen LogP contribution in [0.3, 0.4) is 0 Å². The molecule has 5 nitrogen and oxygen atoms in total. The lowest BCUT2D eigenvalue weighted by Crippen LogP contribution is -2.49. The molecule has 0 radical (unpaired) electrons. The first-order chi connectivity index (χ1) is 17.2. The van der Waals surface area contributed by atoms with Crippen molar-refractivity contribution in [2.24, 2.45) is 34.5 Å². The van der Waals surface area contributed by atoms with Crippen molar-refractivity contribution in [3.63, 3.8) is 0 Å². The second-order valence-electron chi connectivity index (χ2n) is 12.5. The third-order valence-electron chi connectivity index (χ3n) is 9.97. The summed E-state index contributed by atoms with van der Waals surface area (Å²) in [7, 11) is 1.00. The van der Waals surface area contributed by atoms with Gasteiger partial charge in [0.05, 0.1) is 6.04 Å². The molecule has 0 aliphatic heterocycles. The molecule has 36 heavy (non-hydrogen) atoms. The molecule has 0 aromatic rings. The molecule has 3 rings (SSSR count). The highest BCUT2D eigenvalue weighted by molar-refractivity contribution is 5.76. The second-order valence-corrected chi connectivity index (χ2v) is 12.5. The number of aldehydes is 1. The van der Waals surface area contributed by atoms with Gasteiger partial charge in [-0.1, -0.05) is 61.3 Å². The van der Waals surface area contributed by atoms with Gasteiger partial charge in [-0.15, -0.1) is 0 Å². The third kappa shape index (κ3) is 8.82. The number of nitrogens with one attached hydrogen (secondary N) is 2. The number of aliphatic hydroxyl groups excluding tert-OH is 1. The van der Waals surface area contributed by atoms with E-state index in [1.165, 1.54) is 57.8 Å². The summed E-state index contributed by atoms with van der Waals surface area (Å²) < 4.78 is 0. The van der Waals surface area contributed by atoms with Gasteiger partial charge in [0.15, 0.2) is 0 Å². The fraction of sp³-hybridized carbons (Fsp3) is 0.935. The molecule has 0 spiro atoms. The Morgan fingerprint density at radius 2 is 1.72 bits per heavy atom. The Hall–Kier alpha value is -0.940. The van der Waals surface area contributed by atoms with E-state index >= 15 is 0 Å². The van der Waals surface area contributed by atoms with Crippen LogP contribution in [-0.4, -0.2) is 43.0 Å². The minimum absolute atomic E-state index is 0.0759. The average Bonchev–Trinajstić information content (AvgIpc) is 2.88. The van der Waals surface area contributed by atoms with Gasteiger partial charge in [0.2, 0.25) is 5.91 Å². The molecule has 3 N–H and O–H groups in total. The number of aliphatic hydroxyl groups is 1. The summed E-state index contributed by atoms with van der Waals surface area (Å²) in [6.07, 6.45) is 16.5. The molecule has 3 aliphatic carbocycles. The van der Waals surface area contributed by atoms with Gasteiger partial charge in [-0.2, -0.15) is 0 Å². The van der Waals surface area contributed by atoms with E-state index in [2.05, 4.69) is 31.4 Å². The molecule has 7 unspecified atom stereocenters. The standard InChI is InChI=1S/C28H50N2O2.C2H6.CH4O/c1-20(2)30-24(19-31)18-29-26(32)11-8-9-21(3)27(4)16-14-25-22(17-27)12-13-23-10-6-7-15-28(23,25)5;2*1-2/h19-25,30H,6-18H2,1-5H3,(H,29,32);1-2H3;2H,1H3. The van der Waals surface area contributed by atoms with Crippen LogP contribution in [0.5, 0.6) is 0 Å². The van der Waals surface area contributed by atoms with E-state index in [0.717, 1.165) is 44.0 Å². The number of carbonyl (C=O) groups is 2. The topological polar surface area (TPSA) is 78.4 Å². The van der Waals surface area contributed by atoms with Gasteiger partial charge in [-0.25, -0.2) is 0 Å². The lowest BCUT2D eigenvalue weighted by atomic mass is 9.46. The SMILES string of the molecule is CC.CC(C)NC(C=O)CNC(=O)CCCC(C)C1(C)CCC2C(CCC3CCCCC32C)C1.CO. The predicted molar refractivity (Wildman–Crippen MR) is 152 cm³/mol. The van der Waals surface area contributed by atoms with Crippen LogP contribution in [0.25, 0.3) is 0 Å². The zero-order valence-corrected chi connectivity index (χ0v) is 25.0. The third-order valence-corrected chi connectivity index (χ3v) is 9.97. The molecule has 3 saturated carbocycles. The highest BCUT2D eigenvalue weighted by Crippen LogP contribution is 2.62. The van der Waals surface area contributed by atoms with E-state index in [4.69, 9.17) is 5.11 Å². The average molecular weight is 509 g/mol. The number of fused-ring (bicyclic) bond motifs is 3. The molecule has 0 heterocycles. The fourth-order valence-corrected chi connectivity index (χ4v) is 7.80. The second kappa shape index (κ2) is 16.1. The van der Waals surface area contributed by atoms with E-state index in [0.29, 0.717) is 29.7 Å². The van der Waals surface area contributed by atoms with Gasteiger partial charge in [-0.05, 0) is 92.3 Å². The summed E-state index contributed by atoms with van der Waals surface area (Å²) in [6, 6.07) is -0.0670. The molecule has 3 fully saturated rings. The molecule has 5 heteroatoms. The van der Waals surface area contributed by atoms with Crippen molar-refractivity contribution in [3.8, 4) is 0 Å². The Morgan fingerprint density at radius 1 is 1.03 bits per heavy atom. The van der Waals surface area contributed by atoms with Crippen LogP contribution in [0.1, 0.15) is 126 Å². The number of carbonyl (C=O) groups excluding carboxylic acids is 2. The molecule has 3 aliphatic rings. The molecular formula is C31H60N2O3. The molecule has 1 amide bonds. The molecule has 7 atom stereocenters. The first-order valence-corrected chi connectivity index (χ1v) is 15.1. The minimum Gasteiger partial charge on any atom is -0.400 e. The largest absolute Gasteiger partial charge is 0.400 e. The first-order valence-electron chi connectivity index (χ1n) is 15.1. The normalized spacial score (nSPS) is 32.9. The number of amides is 1. The summed E-state index contributed by atoms with van der Waals surface area (Å²) >= 11 is 0. The molecule has 0 bridgehead atoms. The van der Waals surface area contributed by atoms with Crippen molar-refractivity contribution in [3.05, 3.63) is 0 Å². The summed E-state index contributed by atoms with van der Waals surface area (Å²) in [6.45, 7) is 16.0. The Balaban J connectivity index is 0.00000154. The van der Waals surface area contributed by atoms with Gasteiger partial charge < -0.3 is 20.5 Å². The first kappa shape index (κ1) is 33.1. The summed E-state index contributed by atoms with van der Waals surface area (Å²) in [5.41, 5.74) is 1.05. The van der Waals surface area contributed by atoms with Crippen molar-refractivity contribution >= 4 is 12.2 Å². The zero-order chi connectivity index (χ0) is 27.4. The van der Waals surface area contributed by atoms with Gasteiger partial charge >= 0.3 is 0 Å². The molecule has 0 aromatic carbocycles. The van der Waals surface area contributed by atoms with Crippen LogP contribution in [0.15, 0.2) is 0 Å². The quantitative estimate of drug-likeness (QED) is 0.293. The smallest absolute Gasteiger partial charge is 0.220 e. The van der Waals surface area contributed by atoms with Crippen LogP contribution in [-0.2, 0) is 9.59 Å². The number of hydrogen-bond donors (Lipinski definition) is 3. The zero-order valence-electron chi connectivity index (χ0n) is 25.0.